The van der Waals surface area contributed by atoms with Crippen LogP contribution in [0.5, 0.6) is 0 Å². The average molecular weight is 395 g/mol. The lowest BCUT2D eigenvalue weighted by atomic mass is 10.1. The maximum absolute atomic E-state index is 12.9. The predicted molar refractivity (Wildman–Crippen MR) is 92.7 cm³/mol. The number of sulfonamides is 1. The van der Waals surface area contributed by atoms with E-state index in [2.05, 4.69) is 4.72 Å². The van der Waals surface area contributed by atoms with Crippen LogP contribution < -0.4 is 10.5 Å². The van der Waals surface area contributed by atoms with E-state index in [1.165, 1.54) is 12.1 Å². The van der Waals surface area contributed by atoms with Crippen molar-refractivity contribution in [2.75, 3.05) is 6.54 Å². The van der Waals surface area contributed by atoms with Gasteiger partial charge in [-0.3, -0.25) is 0 Å². The molecule has 2 aromatic carbocycles. The fourth-order valence-electron chi connectivity index (χ4n) is 2.21. The number of hydrogen-bond acceptors (Lipinski definition) is 3. The number of hydrogen-bond donors (Lipinski definition) is 2. The molecular weight excluding hydrogens is 377 g/mol. The van der Waals surface area contributed by atoms with E-state index in [0.717, 1.165) is 17.7 Å². The van der Waals surface area contributed by atoms with E-state index < -0.39 is 33.6 Å². The first kappa shape index (κ1) is 21.4. The first-order valence-electron chi connectivity index (χ1n) is 7.12. The normalized spacial score (nSPS) is 13.1. The van der Waals surface area contributed by atoms with E-state index in [1.54, 1.807) is 30.3 Å². The van der Waals surface area contributed by atoms with E-state index in [1.807, 2.05) is 0 Å². The fraction of sp³-hybridized carbons (Fsp3) is 0.250. The Morgan fingerprint density at radius 3 is 2.16 bits per heavy atom. The second kappa shape index (κ2) is 8.66. The number of alkyl halides is 3. The van der Waals surface area contributed by atoms with E-state index in [0.29, 0.717) is 0 Å². The van der Waals surface area contributed by atoms with Crippen LogP contribution in [0.2, 0.25) is 0 Å². The zero-order chi connectivity index (χ0) is 17.8. The summed E-state index contributed by atoms with van der Waals surface area (Å²) >= 11 is 0. The molecule has 0 radical (unpaired) electrons. The SMILES string of the molecule is Cl.NC(CNS(=O)(=O)Cc1ccccc1C(F)(F)F)c1ccccc1. The van der Waals surface area contributed by atoms with Crippen LogP contribution in [-0.2, 0) is 22.0 Å². The number of rotatable bonds is 6. The molecule has 1 unspecified atom stereocenters. The summed E-state index contributed by atoms with van der Waals surface area (Å²) in [7, 11) is -3.95. The third-order valence-electron chi connectivity index (χ3n) is 3.42. The van der Waals surface area contributed by atoms with Crippen molar-refractivity contribution in [3.05, 3.63) is 71.3 Å². The van der Waals surface area contributed by atoms with Gasteiger partial charge in [0.2, 0.25) is 10.0 Å². The fourth-order valence-corrected chi connectivity index (χ4v) is 3.41. The Bertz CT molecular complexity index is 783. The highest BCUT2D eigenvalue weighted by Gasteiger charge is 2.34. The van der Waals surface area contributed by atoms with Crippen LogP contribution in [0, 0.1) is 0 Å². The zero-order valence-corrected chi connectivity index (χ0v) is 14.7. The molecule has 0 bridgehead atoms. The molecule has 3 N–H and O–H groups in total. The van der Waals surface area contributed by atoms with Gasteiger partial charge in [0.25, 0.3) is 0 Å². The van der Waals surface area contributed by atoms with Crippen molar-refractivity contribution < 1.29 is 21.6 Å². The lowest BCUT2D eigenvalue weighted by Gasteiger charge is -2.15. The molecule has 0 aliphatic heterocycles. The summed E-state index contributed by atoms with van der Waals surface area (Å²) in [4.78, 5) is 0. The topological polar surface area (TPSA) is 72.2 Å². The molecule has 0 aliphatic carbocycles. The average Bonchev–Trinajstić information content (AvgIpc) is 2.52. The van der Waals surface area contributed by atoms with Crippen LogP contribution in [0.4, 0.5) is 13.2 Å². The van der Waals surface area contributed by atoms with Crippen LogP contribution in [-0.4, -0.2) is 15.0 Å². The van der Waals surface area contributed by atoms with E-state index >= 15 is 0 Å². The Balaban J connectivity index is 0.00000312. The molecule has 0 amide bonds. The highest BCUT2D eigenvalue weighted by Crippen LogP contribution is 2.32. The Morgan fingerprint density at radius 2 is 1.56 bits per heavy atom. The maximum Gasteiger partial charge on any atom is 0.416 e. The van der Waals surface area contributed by atoms with E-state index in [9.17, 15) is 21.6 Å². The Morgan fingerprint density at radius 1 is 1.00 bits per heavy atom. The van der Waals surface area contributed by atoms with Crippen molar-refractivity contribution in [1.29, 1.82) is 0 Å². The number of benzene rings is 2. The minimum absolute atomic E-state index is 0. The van der Waals surface area contributed by atoms with Gasteiger partial charge in [0.1, 0.15) is 0 Å². The van der Waals surface area contributed by atoms with Gasteiger partial charge in [-0.05, 0) is 17.2 Å². The van der Waals surface area contributed by atoms with Gasteiger partial charge in [0.15, 0.2) is 0 Å². The zero-order valence-electron chi connectivity index (χ0n) is 13.0. The molecule has 138 valence electrons. The van der Waals surface area contributed by atoms with Gasteiger partial charge in [0.05, 0.1) is 11.3 Å². The van der Waals surface area contributed by atoms with E-state index in [4.69, 9.17) is 5.73 Å². The molecule has 0 saturated carbocycles. The van der Waals surface area contributed by atoms with Gasteiger partial charge >= 0.3 is 6.18 Å². The number of halogens is 4. The Hall–Kier alpha value is -1.61. The molecule has 4 nitrogen and oxygen atoms in total. The lowest BCUT2D eigenvalue weighted by molar-refractivity contribution is -0.138. The first-order valence-corrected chi connectivity index (χ1v) is 8.77. The summed E-state index contributed by atoms with van der Waals surface area (Å²) in [6, 6.07) is 12.9. The second-order valence-corrected chi connectivity index (χ2v) is 7.09. The summed E-state index contributed by atoms with van der Waals surface area (Å²) in [6.45, 7) is -0.0967. The monoisotopic (exact) mass is 394 g/mol. The van der Waals surface area contributed by atoms with Crippen molar-refractivity contribution in [3.8, 4) is 0 Å². The highest BCUT2D eigenvalue weighted by atomic mass is 35.5. The summed E-state index contributed by atoms with van der Waals surface area (Å²) in [5.74, 6) is -0.760. The summed E-state index contributed by atoms with van der Waals surface area (Å²) < 4.78 is 65.2. The van der Waals surface area contributed by atoms with Crippen molar-refractivity contribution in [1.82, 2.24) is 4.72 Å². The van der Waals surface area contributed by atoms with Crippen LogP contribution in [0.3, 0.4) is 0 Å². The standard InChI is InChI=1S/C16H17F3N2O2S.ClH/c17-16(18,19)14-9-5-4-8-13(14)11-24(22,23)21-10-15(20)12-6-2-1-3-7-12;/h1-9,15,21H,10-11,20H2;1H. The van der Waals surface area contributed by atoms with E-state index in [-0.39, 0.29) is 24.5 Å². The van der Waals surface area contributed by atoms with Crippen molar-refractivity contribution >= 4 is 22.4 Å². The van der Waals surface area contributed by atoms with Crippen molar-refractivity contribution in [2.24, 2.45) is 5.73 Å². The maximum atomic E-state index is 12.9. The minimum atomic E-state index is -4.60. The Kier molecular flexibility index (Phi) is 7.43. The quantitative estimate of drug-likeness (QED) is 0.790. The molecule has 2 rings (SSSR count). The van der Waals surface area contributed by atoms with Gasteiger partial charge in [-0.1, -0.05) is 48.5 Å². The molecule has 0 fully saturated rings. The molecule has 0 heterocycles. The van der Waals surface area contributed by atoms with Crippen LogP contribution >= 0.6 is 12.4 Å². The molecule has 2 aromatic rings. The molecule has 0 aromatic heterocycles. The van der Waals surface area contributed by atoms with Crippen LogP contribution in [0.25, 0.3) is 0 Å². The summed E-state index contributed by atoms with van der Waals surface area (Å²) in [6.07, 6.45) is -4.60. The van der Waals surface area contributed by atoms with Gasteiger partial charge in [-0.25, -0.2) is 13.1 Å². The summed E-state index contributed by atoms with van der Waals surface area (Å²) in [5.41, 5.74) is 5.36. The summed E-state index contributed by atoms with van der Waals surface area (Å²) in [5, 5.41) is 0. The smallest absolute Gasteiger partial charge is 0.323 e. The van der Waals surface area contributed by atoms with Crippen LogP contribution in [0.1, 0.15) is 22.7 Å². The third-order valence-corrected chi connectivity index (χ3v) is 4.72. The van der Waals surface area contributed by atoms with Gasteiger partial charge in [0, 0.05) is 12.6 Å². The first-order chi connectivity index (χ1) is 11.2. The minimum Gasteiger partial charge on any atom is -0.323 e. The molecule has 0 aliphatic rings. The number of nitrogens with one attached hydrogen (secondary N) is 1. The Labute approximate surface area is 150 Å². The molecule has 1 atom stereocenters. The third kappa shape index (κ3) is 6.32. The van der Waals surface area contributed by atoms with Crippen molar-refractivity contribution in [2.45, 2.75) is 18.0 Å². The second-order valence-electron chi connectivity index (χ2n) is 5.28. The molecule has 0 saturated heterocycles. The van der Waals surface area contributed by atoms with Gasteiger partial charge in [-0.2, -0.15) is 13.2 Å². The largest absolute Gasteiger partial charge is 0.416 e. The molecule has 25 heavy (non-hydrogen) atoms. The number of nitrogens with two attached hydrogens (primary N) is 1. The lowest BCUT2D eigenvalue weighted by Crippen LogP contribution is -2.33. The highest BCUT2D eigenvalue weighted by molar-refractivity contribution is 7.88. The van der Waals surface area contributed by atoms with Gasteiger partial charge < -0.3 is 5.73 Å². The van der Waals surface area contributed by atoms with Crippen LogP contribution in [0.15, 0.2) is 54.6 Å². The molecule has 0 spiro atoms. The molecular formula is C16H18ClF3N2O2S. The van der Waals surface area contributed by atoms with Gasteiger partial charge in [-0.15, -0.1) is 12.4 Å². The molecule has 9 heteroatoms. The van der Waals surface area contributed by atoms with Crippen molar-refractivity contribution in [3.63, 3.8) is 0 Å². The predicted octanol–water partition coefficient (Wildman–Crippen LogP) is 3.25.